The summed E-state index contributed by atoms with van der Waals surface area (Å²) in [6, 6.07) is 13.6. The Hall–Kier alpha value is -2.29. The van der Waals surface area contributed by atoms with Gasteiger partial charge < -0.3 is 10.1 Å². The summed E-state index contributed by atoms with van der Waals surface area (Å²) in [5.74, 6) is 0.638. The van der Waals surface area contributed by atoms with Gasteiger partial charge in [-0.3, -0.25) is 4.79 Å². The molecule has 3 heteroatoms. The molecule has 0 bridgehead atoms. The van der Waals surface area contributed by atoms with Crippen LogP contribution in [-0.2, 0) is 4.79 Å². The third kappa shape index (κ3) is 3.88. The van der Waals surface area contributed by atoms with Crippen LogP contribution in [0, 0.1) is 20.8 Å². The maximum absolute atomic E-state index is 12.4. The number of ether oxygens (including phenoxy) is 1. The number of rotatable bonds is 5. The first-order chi connectivity index (χ1) is 10.5. The predicted molar refractivity (Wildman–Crippen MR) is 90.4 cm³/mol. The smallest absolute Gasteiger partial charge is 0.265 e. The van der Waals surface area contributed by atoms with Crippen molar-refractivity contribution in [1.29, 1.82) is 0 Å². The molecule has 3 nitrogen and oxygen atoms in total. The fraction of sp³-hybridized carbons (Fsp3) is 0.316. The lowest BCUT2D eigenvalue weighted by Gasteiger charge is -2.19. The van der Waals surface area contributed by atoms with Crippen LogP contribution in [-0.4, -0.2) is 12.0 Å². The van der Waals surface area contributed by atoms with Crippen molar-refractivity contribution in [2.45, 2.75) is 40.2 Å². The van der Waals surface area contributed by atoms with Gasteiger partial charge in [-0.2, -0.15) is 0 Å². The normalized spacial score (nSPS) is 11.8. The Labute approximate surface area is 132 Å². The van der Waals surface area contributed by atoms with Gasteiger partial charge in [0, 0.05) is 5.69 Å². The molecule has 116 valence electrons. The van der Waals surface area contributed by atoms with E-state index in [4.69, 9.17) is 4.74 Å². The SMILES string of the molecule is CCC(Oc1ccccc1C)C(=O)Nc1ccc(C)c(C)c1. The van der Waals surface area contributed by atoms with Crippen molar-refractivity contribution in [2.75, 3.05) is 5.32 Å². The molecule has 0 fully saturated rings. The summed E-state index contributed by atoms with van der Waals surface area (Å²) in [5.41, 5.74) is 4.20. The van der Waals surface area contributed by atoms with Gasteiger partial charge in [-0.05, 0) is 62.1 Å². The van der Waals surface area contributed by atoms with Gasteiger partial charge in [-0.25, -0.2) is 0 Å². The number of aryl methyl sites for hydroxylation is 3. The topological polar surface area (TPSA) is 38.3 Å². The summed E-state index contributed by atoms with van der Waals surface area (Å²) < 4.78 is 5.87. The molecule has 0 saturated heterocycles. The zero-order valence-corrected chi connectivity index (χ0v) is 13.6. The van der Waals surface area contributed by atoms with Crippen LogP contribution >= 0.6 is 0 Å². The zero-order chi connectivity index (χ0) is 16.1. The molecule has 2 aromatic carbocycles. The van der Waals surface area contributed by atoms with Crippen LogP contribution in [0.2, 0.25) is 0 Å². The van der Waals surface area contributed by atoms with Crippen LogP contribution in [0.4, 0.5) is 5.69 Å². The highest BCUT2D eigenvalue weighted by Crippen LogP contribution is 2.20. The van der Waals surface area contributed by atoms with E-state index in [1.165, 1.54) is 5.56 Å². The monoisotopic (exact) mass is 297 g/mol. The minimum atomic E-state index is -0.497. The highest BCUT2D eigenvalue weighted by Gasteiger charge is 2.19. The molecule has 0 heterocycles. The molecule has 0 radical (unpaired) electrons. The maximum Gasteiger partial charge on any atom is 0.265 e. The van der Waals surface area contributed by atoms with E-state index in [9.17, 15) is 4.79 Å². The second kappa shape index (κ2) is 7.12. The molecule has 0 spiro atoms. The molecule has 0 aliphatic rings. The molecule has 1 unspecified atom stereocenters. The first-order valence-electron chi connectivity index (χ1n) is 7.61. The van der Waals surface area contributed by atoms with Crippen molar-refractivity contribution in [1.82, 2.24) is 0 Å². The summed E-state index contributed by atoms with van der Waals surface area (Å²) in [4.78, 5) is 12.4. The second-order valence-electron chi connectivity index (χ2n) is 5.57. The average Bonchev–Trinajstić information content (AvgIpc) is 2.50. The molecule has 0 aliphatic heterocycles. The number of benzene rings is 2. The Bertz CT molecular complexity index is 664. The predicted octanol–water partition coefficient (Wildman–Crippen LogP) is 4.41. The fourth-order valence-electron chi connectivity index (χ4n) is 2.21. The number of hydrogen-bond donors (Lipinski definition) is 1. The number of anilines is 1. The van der Waals surface area contributed by atoms with Crippen LogP contribution in [0.5, 0.6) is 5.75 Å². The molecule has 1 amide bonds. The van der Waals surface area contributed by atoms with Crippen LogP contribution in [0.15, 0.2) is 42.5 Å². The highest BCUT2D eigenvalue weighted by atomic mass is 16.5. The number of amides is 1. The van der Waals surface area contributed by atoms with Crippen molar-refractivity contribution in [3.63, 3.8) is 0 Å². The summed E-state index contributed by atoms with van der Waals surface area (Å²) in [6.45, 7) is 8.01. The van der Waals surface area contributed by atoms with Gasteiger partial charge in [-0.1, -0.05) is 31.2 Å². The van der Waals surface area contributed by atoms with E-state index in [0.29, 0.717) is 6.42 Å². The molecule has 1 N–H and O–H groups in total. The van der Waals surface area contributed by atoms with E-state index in [2.05, 4.69) is 12.2 Å². The van der Waals surface area contributed by atoms with Crippen LogP contribution in [0.25, 0.3) is 0 Å². The first-order valence-corrected chi connectivity index (χ1v) is 7.61. The lowest BCUT2D eigenvalue weighted by atomic mass is 10.1. The highest BCUT2D eigenvalue weighted by molar-refractivity contribution is 5.94. The quantitative estimate of drug-likeness (QED) is 0.888. The average molecular weight is 297 g/mol. The molecule has 2 rings (SSSR count). The molecule has 0 saturated carbocycles. The Morgan fingerprint density at radius 2 is 1.77 bits per heavy atom. The largest absolute Gasteiger partial charge is 0.480 e. The molecule has 0 aliphatic carbocycles. The molecule has 0 aromatic heterocycles. The van der Waals surface area contributed by atoms with E-state index < -0.39 is 6.10 Å². The van der Waals surface area contributed by atoms with Crippen molar-refractivity contribution in [3.8, 4) is 5.75 Å². The molecule has 1 atom stereocenters. The van der Waals surface area contributed by atoms with E-state index in [1.807, 2.05) is 63.2 Å². The molecule has 2 aromatic rings. The van der Waals surface area contributed by atoms with Crippen LogP contribution in [0.3, 0.4) is 0 Å². The number of nitrogens with one attached hydrogen (secondary N) is 1. The summed E-state index contributed by atoms with van der Waals surface area (Å²) in [6.07, 6.45) is 0.119. The van der Waals surface area contributed by atoms with Gasteiger partial charge >= 0.3 is 0 Å². The minimum Gasteiger partial charge on any atom is -0.480 e. The third-order valence-corrected chi connectivity index (χ3v) is 3.80. The number of carbonyl (C=O) groups is 1. The number of para-hydroxylation sites is 1. The Morgan fingerprint density at radius 3 is 2.41 bits per heavy atom. The summed E-state index contributed by atoms with van der Waals surface area (Å²) in [5, 5.41) is 2.94. The van der Waals surface area contributed by atoms with E-state index in [0.717, 1.165) is 22.6 Å². The van der Waals surface area contributed by atoms with E-state index >= 15 is 0 Å². The van der Waals surface area contributed by atoms with Crippen molar-refractivity contribution in [3.05, 3.63) is 59.2 Å². The summed E-state index contributed by atoms with van der Waals surface area (Å²) >= 11 is 0. The Balaban J connectivity index is 2.08. The van der Waals surface area contributed by atoms with Gasteiger partial charge in [-0.15, -0.1) is 0 Å². The maximum atomic E-state index is 12.4. The van der Waals surface area contributed by atoms with Gasteiger partial charge in [0.2, 0.25) is 0 Å². The van der Waals surface area contributed by atoms with E-state index in [1.54, 1.807) is 0 Å². The minimum absolute atomic E-state index is 0.117. The van der Waals surface area contributed by atoms with E-state index in [-0.39, 0.29) is 5.91 Å². The van der Waals surface area contributed by atoms with Gasteiger partial charge in [0.15, 0.2) is 6.10 Å². The van der Waals surface area contributed by atoms with Gasteiger partial charge in [0.05, 0.1) is 0 Å². The van der Waals surface area contributed by atoms with Gasteiger partial charge in [0.25, 0.3) is 5.91 Å². The van der Waals surface area contributed by atoms with Crippen molar-refractivity contribution >= 4 is 11.6 Å². The van der Waals surface area contributed by atoms with Crippen molar-refractivity contribution < 1.29 is 9.53 Å². The Kier molecular flexibility index (Phi) is 5.21. The number of hydrogen-bond acceptors (Lipinski definition) is 2. The van der Waals surface area contributed by atoms with Crippen LogP contribution in [0.1, 0.15) is 30.0 Å². The first kappa shape index (κ1) is 16.1. The lowest BCUT2D eigenvalue weighted by Crippen LogP contribution is -2.32. The Morgan fingerprint density at radius 1 is 1.05 bits per heavy atom. The zero-order valence-electron chi connectivity index (χ0n) is 13.6. The fourth-order valence-corrected chi connectivity index (χ4v) is 2.21. The lowest BCUT2D eigenvalue weighted by molar-refractivity contribution is -0.122. The summed E-state index contributed by atoms with van der Waals surface area (Å²) in [7, 11) is 0. The molecule has 22 heavy (non-hydrogen) atoms. The number of carbonyl (C=O) groups excluding carboxylic acids is 1. The van der Waals surface area contributed by atoms with Gasteiger partial charge in [0.1, 0.15) is 5.75 Å². The second-order valence-corrected chi connectivity index (χ2v) is 5.57. The molecular formula is C19H23NO2. The standard InChI is InChI=1S/C19H23NO2/c1-5-17(22-18-9-7-6-8-14(18)3)19(21)20-16-11-10-13(2)15(4)12-16/h6-12,17H,5H2,1-4H3,(H,20,21). The van der Waals surface area contributed by atoms with Crippen LogP contribution < -0.4 is 10.1 Å². The molecular weight excluding hydrogens is 274 g/mol. The van der Waals surface area contributed by atoms with Crippen molar-refractivity contribution in [2.24, 2.45) is 0 Å². The third-order valence-electron chi connectivity index (χ3n) is 3.80.